The Balaban J connectivity index is 2.45. The van der Waals surface area contributed by atoms with Gasteiger partial charge < -0.3 is 4.74 Å². The van der Waals surface area contributed by atoms with Gasteiger partial charge in [0.05, 0.1) is 5.02 Å². The van der Waals surface area contributed by atoms with Gasteiger partial charge in [-0.3, -0.25) is 0 Å². The number of hydrogen-bond acceptors (Lipinski definition) is 4. The predicted octanol–water partition coefficient (Wildman–Crippen LogP) is 3.89. The summed E-state index contributed by atoms with van der Waals surface area (Å²) in [6.45, 7) is -0.288. The van der Waals surface area contributed by atoms with E-state index in [0.29, 0.717) is 14.9 Å². The second kappa shape index (κ2) is 4.92. The minimum absolute atomic E-state index is 0.288. The van der Waals surface area contributed by atoms with Crippen LogP contribution in [0.2, 0.25) is 10.0 Å². The molecule has 0 N–H and O–H groups in total. The molecule has 1 heterocycles. The first-order chi connectivity index (χ1) is 8.13. The van der Waals surface area contributed by atoms with Crippen LogP contribution in [0.5, 0.6) is 0 Å². The van der Waals surface area contributed by atoms with Crippen molar-refractivity contribution < 1.29 is 9.53 Å². The van der Waals surface area contributed by atoms with E-state index in [2.05, 4.69) is 0 Å². The Morgan fingerprint density at radius 3 is 2.94 bits per heavy atom. The zero-order chi connectivity index (χ0) is 12.4. The van der Waals surface area contributed by atoms with Crippen LogP contribution in [0.3, 0.4) is 0 Å². The van der Waals surface area contributed by atoms with Crippen LogP contribution in [0.4, 0.5) is 0 Å². The van der Waals surface area contributed by atoms with Gasteiger partial charge in [-0.05, 0) is 12.1 Å². The maximum atomic E-state index is 11.6. The maximum absolute atomic E-state index is 11.6. The van der Waals surface area contributed by atoms with Gasteiger partial charge in [-0.2, -0.15) is 5.26 Å². The molecular weight excluding hydrogens is 281 g/mol. The molecule has 0 aliphatic carbocycles. The van der Waals surface area contributed by atoms with Crippen LogP contribution in [-0.2, 0) is 4.74 Å². The monoisotopic (exact) mass is 285 g/mol. The number of nitrogens with zero attached hydrogens (tertiary/aromatic N) is 1. The number of halogens is 2. The number of benzene rings is 1. The van der Waals surface area contributed by atoms with Crippen molar-refractivity contribution in [2.45, 2.75) is 0 Å². The average molecular weight is 286 g/mol. The lowest BCUT2D eigenvalue weighted by atomic mass is 10.2. The number of carbonyl (C=O) groups is 1. The van der Waals surface area contributed by atoms with Gasteiger partial charge in [-0.1, -0.05) is 29.3 Å². The predicted molar refractivity (Wildman–Crippen MR) is 67.7 cm³/mol. The van der Waals surface area contributed by atoms with Gasteiger partial charge >= 0.3 is 5.97 Å². The van der Waals surface area contributed by atoms with Crippen molar-refractivity contribution in [3.05, 3.63) is 33.1 Å². The van der Waals surface area contributed by atoms with Gasteiger partial charge in [0, 0.05) is 15.1 Å². The Hall–Kier alpha value is -1.28. The molecular formula is C11H5Cl2NO2S. The van der Waals surface area contributed by atoms with Gasteiger partial charge in [-0.15, -0.1) is 11.3 Å². The summed E-state index contributed by atoms with van der Waals surface area (Å²) in [5.41, 5.74) is 0. The van der Waals surface area contributed by atoms with Crippen LogP contribution in [0.15, 0.2) is 18.2 Å². The van der Waals surface area contributed by atoms with Crippen molar-refractivity contribution in [1.29, 1.82) is 5.26 Å². The number of hydrogen-bond donors (Lipinski definition) is 0. The van der Waals surface area contributed by atoms with Crippen molar-refractivity contribution >= 4 is 50.6 Å². The van der Waals surface area contributed by atoms with Crippen LogP contribution in [0.25, 0.3) is 10.1 Å². The van der Waals surface area contributed by atoms with Crippen molar-refractivity contribution in [1.82, 2.24) is 0 Å². The van der Waals surface area contributed by atoms with Crippen LogP contribution in [0, 0.1) is 11.3 Å². The number of rotatable bonds is 2. The lowest BCUT2D eigenvalue weighted by Crippen LogP contribution is -2.03. The van der Waals surface area contributed by atoms with Gasteiger partial charge in [0.2, 0.25) is 0 Å². The average Bonchev–Trinajstić information content (AvgIpc) is 2.63. The van der Waals surface area contributed by atoms with E-state index in [9.17, 15) is 4.79 Å². The largest absolute Gasteiger partial charge is 0.446 e. The van der Waals surface area contributed by atoms with E-state index in [4.69, 9.17) is 33.2 Å². The number of fused-ring (bicyclic) bond motifs is 1. The molecule has 0 radical (unpaired) electrons. The van der Waals surface area contributed by atoms with Crippen molar-refractivity contribution in [2.75, 3.05) is 6.61 Å². The molecule has 0 spiro atoms. The summed E-state index contributed by atoms with van der Waals surface area (Å²) in [4.78, 5) is 11.9. The second-order valence-electron chi connectivity index (χ2n) is 3.12. The highest BCUT2D eigenvalue weighted by atomic mass is 35.5. The van der Waals surface area contributed by atoms with E-state index < -0.39 is 5.97 Å². The molecule has 0 unspecified atom stereocenters. The number of nitriles is 1. The van der Waals surface area contributed by atoms with E-state index >= 15 is 0 Å². The number of esters is 1. The Bertz CT molecular complexity index is 630. The first kappa shape index (κ1) is 12.2. The maximum Gasteiger partial charge on any atom is 0.350 e. The highest BCUT2D eigenvalue weighted by Gasteiger charge is 2.18. The third kappa shape index (κ3) is 2.37. The number of carbonyl (C=O) groups excluding carboxylic acids is 1. The fourth-order valence-electron chi connectivity index (χ4n) is 1.33. The molecule has 0 bridgehead atoms. The summed E-state index contributed by atoms with van der Waals surface area (Å²) in [5, 5.41) is 10.0. The molecule has 17 heavy (non-hydrogen) atoms. The third-order valence-electron chi connectivity index (χ3n) is 2.04. The molecule has 0 fully saturated rings. The zero-order valence-electron chi connectivity index (χ0n) is 8.37. The third-order valence-corrected chi connectivity index (χ3v) is 3.92. The summed E-state index contributed by atoms with van der Waals surface area (Å²) in [6, 6.07) is 6.91. The Morgan fingerprint density at radius 2 is 2.24 bits per heavy atom. The SMILES string of the molecule is N#CCOC(=O)c1sc2cc(Cl)ccc2c1Cl. The zero-order valence-corrected chi connectivity index (χ0v) is 10.7. The fraction of sp³-hybridized carbons (Fsp3) is 0.0909. The standard InChI is InChI=1S/C11H5Cl2NO2S/c12-6-1-2-7-8(5-6)17-10(9(7)13)11(15)16-4-3-14/h1-2,5H,4H2. The minimum atomic E-state index is -0.589. The van der Waals surface area contributed by atoms with Crippen LogP contribution < -0.4 is 0 Å². The topological polar surface area (TPSA) is 50.1 Å². The van der Waals surface area contributed by atoms with Gasteiger partial charge in [0.15, 0.2) is 6.61 Å². The Labute approximate surface area is 111 Å². The van der Waals surface area contributed by atoms with E-state index in [0.717, 1.165) is 10.1 Å². The second-order valence-corrected chi connectivity index (χ2v) is 4.99. The summed E-state index contributed by atoms with van der Waals surface area (Å²) in [7, 11) is 0. The van der Waals surface area contributed by atoms with Gasteiger partial charge in [0.1, 0.15) is 10.9 Å². The minimum Gasteiger partial charge on any atom is -0.446 e. The summed E-state index contributed by atoms with van der Waals surface area (Å²) in [5.74, 6) is -0.589. The Kier molecular flexibility index (Phi) is 3.53. The molecule has 1 aromatic heterocycles. The summed E-state index contributed by atoms with van der Waals surface area (Å²) < 4.78 is 5.52. The van der Waals surface area contributed by atoms with Crippen molar-refractivity contribution in [3.63, 3.8) is 0 Å². The smallest absolute Gasteiger partial charge is 0.350 e. The molecule has 6 heteroatoms. The molecule has 0 atom stereocenters. The van der Waals surface area contributed by atoms with E-state index in [1.165, 1.54) is 11.3 Å². The quantitative estimate of drug-likeness (QED) is 0.787. The van der Waals surface area contributed by atoms with Crippen LogP contribution in [0.1, 0.15) is 9.67 Å². The van der Waals surface area contributed by atoms with Crippen molar-refractivity contribution in [3.8, 4) is 6.07 Å². The molecule has 0 saturated heterocycles. The molecule has 86 valence electrons. The molecule has 0 amide bonds. The van der Waals surface area contributed by atoms with E-state index in [-0.39, 0.29) is 6.61 Å². The van der Waals surface area contributed by atoms with E-state index in [1.54, 1.807) is 24.3 Å². The number of thiophene rings is 1. The first-order valence-electron chi connectivity index (χ1n) is 4.55. The lowest BCUT2D eigenvalue weighted by molar-refractivity contribution is 0.0561. The number of ether oxygens (including phenoxy) is 1. The highest BCUT2D eigenvalue weighted by Crippen LogP contribution is 2.36. The first-order valence-corrected chi connectivity index (χ1v) is 6.12. The fourth-order valence-corrected chi connectivity index (χ4v) is 3.01. The summed E-state index contributed by atoms with van der Waals surface area (Å²) >= 11 is 13.1. The summed E-state index contributed by atoms with van der Waals surface area (Å²) in [6.07, 6.45) is 0. The Morgan fingerprint density at radius 1 is 1.47 bits per heavy atom. The van der Waals surface area contributed by atoms with Crippen LogP contribution in [-0.4, -0.2) is 12.6 Å². The van der Waals surface area contributed by atoms with Gasteiger partial charge in [0.25, 0.3) is 0 Å². The normalized spacial score (nSPS) is 10.2. The molecule has 0 aliphatic rings. The van der Waals surface area contributed by atoms with E-state index in [1.807, 2.05) is 0 Å². The lowest BCUT2D eigenvalue weighted by Gasteiger charge is -1.96. The van der Waals surface area contributed by atoms with Crippen molar-refractivity contribution in [2.24, 2.45) is 0 Å². The molecule has 3 nitrogen and oxygen atoms in total. The molecule has 0 saturated carbocycles. The molecule has 2 rings (SSSR count). The van der Waals surface area contributed by atoms with Crippen LogP contribution >= 0.6 is 34.5 Å². The highest BCUT2D eigenvalue weighted by molar-refractivity contribution is 7.21. The van der Waals surface area contributed by atoms with Gasteiger partial charge in [-0.25, -0.2) is 4.79 Å². The molecule has 0 aliphatic heterocycles. The molecule has 2 aromatic rings. The molecule has 1 aromatic carbocycles.